The van der Waals surface area contributed by atoms with Gasteiger partial charge in [-0.1, -0.05) is 34.8 Å². The zero-order chi connectivity index (χ0) is 18.1. The van der Waals surface area contributed by atoms with Crippen LogP contribution in [-0.4, -0.2) is 13.0 Å². The van der Waals surface area contributed by atoms with Gasteiger partial charge in [0.25, 0.3) is 5.91 Å². The highest BCUT2D eigenvalue weighted by atomic mass is 35.5. The van der Waals surface area contributed by atoms with Crippen LogP contribution < -0.4 is 10.1 Å². The standard InChI is InChI=1S/C15H9Cl3F3NO2/c1-24-13-9(5-8(16)6-11(13)18)14(23)22-12-4-7(15(19,20)21)2-3-10(12)17/h2-6H,1H3,(H,22,23). The van der Waals surface area contributed by atoms with Crippen LogP contribution in [0, 0.1) is 0 Å². The van der Waals surface area contributed by atoms with E-state index in [1.807, 2.05) is 0 Å². The van der Waals surface area contributed by atoms with Crippen LogP contribution in [0.25, 0.3) is 0 Å². The number of benzene rings is 2. The Bertz CT molecular complexity index is 794. The Kier molecular flexibility index (Phi) is 5.52. The molecule has 0 heterocycles. The smallest absolute Gasteiger partial charge is 0.416 e. The van der Waals surface area contributed by atoms with E-state index < -0.39 is 17.6 Å². The molecule has 2 aromatic carbocycles. The number of methoxy groups -OCH3 is 1. The number of halogens is 6. The molecule has 0 aliphatic rings. The lowest BCUT2D eigenvalue weighted by Crippen LogP contribution is -2.15. The predicted octanol–water partition coefficient (Wildman–Crippen LogP) is 5.93. The molecule has 0 aromatic heterocycles. The van der Waals surface area contributed by atoms with Crippen LogP contribution >= 0.6 is 34.8 Å². The van der Waals surface area contributed by atoms with Crippen molar-refractivity contribution in [3.8, 4) is 5.75 Å². The first kappa shape index (κ1) is 18.7. The average Bonchev–Trinajstić information content (AvgIpc) is 2.47. The third-order valence-electron chi connectivity index (χ3n) is 3.00. The molecule has 0 spiro atoms. The van der Waals surface area contributed by atoms with Crippen molar-refractivity contribution in [1.29, 1.82) is 0 Å². The van der Waals surface area contributed by atoms with Gasteiger partial charge in [0.1, 0.15) is 5.75 Å². The summed E-state index contributed by atoms with van der Waals surface area (Å²) in [4.78, 5) is 12.4. The van der Waals surface area contributed by atoms with Crippen molar-refractivity contribution in [2.75, 3.05) is 12.4 Å². The minimum Gasteiger partial charge on any atom is -0.494 e. The molecule has 3 nitrogen and oxygen atoms in total. The molecule has 0 radical (unpaired) electrons. The zero-order valence-electron chi connectivity index (χ0n) is 12.0. The van der Waals surface area contributed by atoms with Gasteiger partial charge in [0.05, 0.1) is 34.0 Å². The Balaban J connectivity index is 2.41. The number of hydrogen-bond acceptors (Lipinski definition) is 2. The molecular formula is C15H9Cl3F3NO2. The normalized spacial score (nSPS) is 11.3. The Morgan fingerprint density at radius 2 is 1.75 bits per heavy atom. The lowest BCUT2D eigenvalue weighted by atomic mass is 10.1. The minimum absolute atomic E-state index is 0.0384. The molecule has 128 valence electrons. The van der Waals surface area contributed by atoms with Crippen LogP contribution in [0.15, 0.2) is 30.3 Å². The Hall–Kier alpha value is -1.63. The van der Waals surface area contributed by atoms with Crippen molar-refractivity contribution in [3.63, 3.8) is 0 Å². The van der Waals surface area contributed by atoms with Crippen LogP contribution in [0.5, 0.6) is 5.75 Å². The van der Waals surface area contributed by atoms with E-state index >= 15 is 0 Å². The number of carbonyl (C=O) groups is 1. The molecule has 2 aromatic rings. The van der Waals surface area contributed by atoms with E-state index in [0.29, 0.717) is 0 Å². The number of hydrogen-bond donors (Lipinski definition) is 1. The zero-order valence-corrected chi connectivity index (χ0v) is 14.2. The highest BCUT2D eigenvalue weighted by Gasteiger charge is 2.31. The molecule has 1 amide bonds. The number of nitrogens with one attached hydrogen (secondary N) is 1. The molecule has 0 aliphatic heterocycles. The maximum Gasteiger partial charge on any atom is 0.416 e. The van der Waals surface area contributed by atoms with E-state index in [1.165, 1.54) is 19.2 Å². The molecule has 24 heavy (non-hydrogen) atoms. The van der Waals surface area contributed by atoms with Crippen molar-refractivity contribution < 1.29 is 22.7 Å². The van der Waals surface area contributed by atoms with E-state index in [0.717, 1.165) is 18.2 Å². The Morgan fingerprint density at radius 1 is 1.08 bits per heavy atom. The summed E-state index contributed by atoms with van der Waals surface area (Å²) in [5.74, 6) is -0.723. The van der Waals surface area contributed by atoms with Gasteiger partial charge in [-0.05, 0) is 30.3 Å². The molecule has 1 N–H and O–H groups in total. The number of carbonyl (C=O) groups excluding carboxylic acids is 1. The molecule has 0 atom stereocenters. The number of anilines is 1. The van der Waals surface area contributed by atoms with Gasteiger partial charge in [-0.3, -0.25) is 4.79 Å². The SMILES string of the molecule is COc1c(Cl)cc(Cl)cc1C(=O)Nc1cc(C(F)(F)F)ccc1Cl. The van der Waals surface area contributed by atoms with Gasteiger partial charge in [0.2, 0.25) is 0 Å². The van der Waals surface area contributed by atoms with Crippen molar-refractivity contribution in [1.82, 2.24) is 0 Å². The van der Waals surface area contributed by atoms with E-state index in [-0.39, 0.29) is 32.1 Å². The highest BCUT2D eigenvalue weighted by molar-refractivity contribution is 6.37. The molecular weight excluding hydrogens is 390 g/mol. The summed E-state index contributed by atoms with van der Waals surface area (Å²) in [6.45, 7) is 0. The summed E-state index contributed by atoms with van der Waals surface area (Å²) >= 11 is 17.6. The second kappa shape index (κ2) is 7.09. The highest BCUT2D eigenvalue weighted by Crippen LogP contribution is 2.36. The van der Waals surface area contributed by atoms with Crippen molar-refractivity contribution in [3.05, 3.63) is 56.5 Å². The average molecular weight is 399 g/mol. The minimum atomic E-state index is -4.57. The summed E-state index contributed by atoms with van der Waals surface area (Å²) in [7, 11) is 1.29. The quantitative estimate of drug-likeness (QED) is 0.696. The topological polar surface area (TPSA) is 38.3 Å². The molecule has 0 fully saturated rings. The van der Waals surface area contributed by atoms with Crippen LogP contribution in [-0.2, 0) is 6.18 Å². The van der Waals surface area contributed by atoms with Crippen molar-refractivity contribution in [2.24, 2.45) is 0 Å². The molecule has 0 saturated heterocycles. The van der Waals surface area contributed by atoms with Gasteiger partial charge in [-0.25, -0.2) is 0 Å². The van der Waals surface area contributed by atoms with Gasteiger partial charge >= 0.3 is 6.18 Å². The lowest BCUT2D eigenvalue weighted by Gasteiger charge is -2.14. The second-order valence-electron chi connectivity index (χ2n) is 4.61. The maximum atomic E-state index is 12.8. The number of amides is 1. The van der Waals surface area contributed by atoms with Crippen LogP contribution in [0.3, 0.4) is 0 Å². The first-order valence-corrected chi connectivity index (χ1v) is 7.48. The number of alkyl halides is 3. The van der Waals surface area contributed by atoms with E-state index in [4.69, 9.17) is 39.5 Å². The van der Waals surface area contributed by atoms with Crippen LogP contribution in [0.1, 0.15) is 15.9 Å². The monoisotopic (exact) mass is 397 g/mol. The maximum absolute atomic E-state index is 12.8. The second-order valence-corrected chi connectivity index (χ2v) is 5.87. The van der Waals surface area contributed by atoms with Gasteiger partial charge in [-0.2, -0.15) is 13.2 Å². The fraction of sp³-hybridized carbons (Fsp3) is 0.133. The first-order chi connectivity index (χ1) is 11.1. The summed E-state index contributed by atoms with van der Waals surface area (Å²) in [5.41, 5.74) is -1.18. The third kappa shape index (κ3) is 4.06. The molecule has 2 rings (SSSR count). The molecule has 0 aliphatic carbocycles. The first-order valence-electron chi connectivity index (χ1n) is 6.34. The molecule has 0 unspecified atom stereocenters. The largest absolute Gasteiger partial charge is 0.494 e. The summed E-state index contributed by atoms with van der Waals surface area (Å²) in [5, 5.41) is 2.50. The van der Waals surface area contributed by atoms with Crippen molar-refractivity contribution in [2.45, 2.75) is 6.18 Å². The van der Waals surface area contributed by atoms with E-state index in [1.54, 1.807) is 0 Å². The van der Waals surface area contributed by atoms with Crippen molar-refractivity contribution >= 4 is 46.4 Å². The van der Waals surface area contributed by atoms with E-state index in [9.17, 15) is 18.0 Å². The third-order valence-corrected chi connectivity index (χ3v) is 3.83. The van der Waals surface area contributed by atoms with Crippen LogP contribution in [0.2, 0.25) is 15.1 Å². The predicted molar refractivity (Wildman–Crippen MR) is 87.4 cm³/mol. The number of ether oxygens (including phenoxy) is 1. The van der Waals surface area contributed by atoms with Gasteiger partial charge in [-0.15, -0.1) is 0 Å². The summed E-state index contributed by atoms with van der Waals surface area (Å²) in [6.07, 6.45) is -4.57. The Morgan fingerprint density at radius 3 is 2.33 bits per heavy atom. The van der Waals surface area contributed by atoms with Gasteiger partial charge in [0, 0.05) is 5.02 Å². The van der Waals surface area contributed by atoms with Gasteiger partial charge in [0.15, 0.2) is 0 Å². The Labute approximate surface area is 150 Å². The lowest BCUT2D eigenvalue weighted by molar-refractivity contribution is -0.137. The van der Waals surface area contributed by atoms with E-state index in [2.05, 4.69) is 5.32 Å². The number of rotatable bonds is 3. The fourth-order valence-corrected chi connectivity index (χ4v) is 2.66. The molecule has 0 saturated carbocycles. The molecule has 0 bridgehead atoms. The summed E-state index contributed by atoms with van der Waals surface area (Å²) < 4.78 is 43.4. The fourth-order valence-electron chi connectivity index (χ4n) is 1.92. The molecule has 9 heteroatoms. The summed E-state index contributed by atoms with van der Waals surface area (Å²) in [6, 6.07) is 5.24. The van der Waals surface area contributed by atoms with Crippen LogP contribution in [0.4, 0.5) is 18.9 Å². The van der Waals surface area contributed by atoms with Gasteiger partial charge < -0.3 is 10.1 Å².